The third-order valence-electron chi connectivity index (χ3n) is 3.25. The van der Waals surface area contributed by atoms with E-state index in [0.717, 1.165) is 12.1 Å². The molecule has 4 N–H and O–H groups in total. The Bertz CT molecular complexity index is 495. The molecule has 1 fully saturated rings. The molecule has 1 aromatic carbocycles. The van der Waals surface area contributed by atoms with Crippen molar-refractivity contribution in [3.05, 3.63) is 24.3 Å². The van der Waals surface area contributed by atoms with Crippen molar-refractivity contribution in [1.29, 1.82) is 0 Å². The molecule has 6 nitrogen and oxygen atoms in total. The molecule has 0 amide bonds. The number of rotatable bonds is 3. The van der Waals surface area contributed by atoms with Gasteiger partial charge in [-0.2, -0.15) is 0 Å². The summed E-state index contributed by atoms with van der Waals surface area (Å²) in [7, 11) is 0. The zero-order valence-corrected chi connectivity index (χ0v) is 11.5. The molecule has 22 heavy (non-hydrogen) atoms. The Morgan fingerprint density at radius 3 is 2.18 bits per heavy atom. The van der Waals surface area contributed by atoms with E-state index in [1.807, 2.05) is 0 Å². The zero-order chi connectivity index (χ0) is 16.5. The van der Waals surface area contributed by atoms with Crippen molar-refractivity contribution in [2.45, 2.75) is 43.9 Å². The van der Waals surface area contributed by atoms with Crippen LogP contribution in [0.3, 0.4) is 0 Å². The lowest BCUT2D eigenvalue weighted by Crippen LogP contribution is -2.58. The van der Waals surface area contributed by atoms with E-state index in [9.17, 15) is 28.5 Å². The Morgan fingerprint density at radius 2 is 1.64 bits per heavy atom. The van der Waals surface area contributed by atoms with E-state index in [1.165, 1.54) is 19.1 Å². The molecule has 2 rings (SSSR count). The van der Waals surface area contributed by atoms with Crippen LogP contribution in [0.5, 0.6) is 5.75 Å². The Labute approximate surface area is 124 Å². The molecule has 1 saturated heterocycles. The molecule has 0 bridgehead atoms. The van der Waals surface area contributed by atoms with Gasteiger partial charge in [-0.3, -0.25) is 0 Å². The van der Waals surface area contributed by atoms with Crippen LogP contribution in [0.4, 0.5) is 18.9 Å². The van der Waals surface area contributed by atoms with Gasteiger partial charge in [-0.1, -0.05) is 0 Å². The lowest BCUT2D eigenvalue weighted by atomic mass is 9.99. The van der Waals surface area contributed by atoms with Crippen molar-refractivity contribution in [3.8, 4) is 5.75 Å². The summed E-state index contributed by atoms with van der Waals surface area (Å²) in [5.74, 6) is -0.382. The predicted octanol–water partition coefficient (Wildman–Crippen LogP) is 0.825. The van der Waals surface area contributed by atoms with Gasteiger partial charge < -0.3 is 30.1 Å². The average Bonchev–Trinajstić information content (AvgIpc) is 2.43. The normalized spacial score (nSPS) is 32.6. The number of benzene rings is 1. The Balaban J connectivity index is 2.01. The Morgan fingerprint density at radius 1 is 1.05 bits per heavy atom. The maximum Gasteiger partial charge on any atom is 0.573 e. The molecule has 1 aliphatic rings. The highest BCUT2D eigenvalue weighted by atomic mass is 19.4. The fraction of sp³-hybridized carbons (Fsp3) is 0.538. The van der Waals surface area contributed by atoms with Crippen molar-refractivity contribution in [3.63, 3.8) is 0 Å². The lowest BCUT2D eigenvalue weighted by Gasteiger charge is -2.39. The van der Waals surface area contributed by atoms with Crippen LogP contribution < -0.4 is 10.1 Å². The highest BCUT2D eigenvalue weighted by Crippen LogP contribution is 2.26. The fourth-order valence-electron chi connectivity index (χ4n) is 2.09. The number of hydrogen-bond acceptors (Lipinski definition) is 6. The number of nitrogens with one attached hydrogen (secondary N) is 1. The number of aliphatic hydroxyl groups excluding tert-OH is 3. The van der Waals surface area contributed by atoms with Crippen molar-refractivity contribution >= 4 is 5.69 Å². The van der Waals surface area contributed by atoms with Crippen LogP contribution in [0.2, 0.25) is 0 Å². The van der Waals surface area contributed by atoms with Crippen molar-refractivity contribution in [2.75, 3.05) is 5.32 Å². The molecule has 9 heteroatoms. The van der Waals surface area contributed by atoms with Crippen LogP contribution in [0.25, 0.3) is 0 Å². The maximum absolute atomic E-state index is 12.0. The van der Waals surface area contributed by atoms with E-state index < -0.39 is 37.0 Å². The van der Waals surface area contributed by atoms with Crippen LogP contribution in [0.1, 0.15) is 6.92 Å². The smallest absolute Gasteiger partial charge is 0.406 e. The summed E-state index contributed by atoms with van der Waals surface area (Å²) in [6.07, 6.45) is -10.5. The molecular formula is C13H16F3NO5. The summed E-state index contributed by atoms with van der Waals surface area (Å²) in [6, 6.07) is 4.80. The second-order valence-electron chi connectivity index (χ2n) is 4.95. The molecule has 0 aliphatic carbocycles. The Kier molecular flexibility index (Phi) is 4.81. The van der Waals surface area contributed by atoms with E-state index >= 15 is 0 Å². The van der Waals surface area contributed by atoms with Crippen molar-refractivity contribution < 1.29 is 38.0 Å². The number of anilines is 1. The van der Waals surface area contributed by atoms with Gasteiger partial charge in [-0.15, -0.1) is 13.2 Å². The minimum Gasteiger partial charge on any atom is -0.406 e. The Hall–Kier alpha value is -1.55. The molecule has 0 spiro atoms. The van der Waals surface area contributed by atoms with Crippen molar-refractivity contribution in [1.82, 2.24) is 0 Å². The molecule has 0 unspecified atom stereocenters. The maximum atomic E-state index is 12.0. The summed E-state index contributed by atoms with van der Waals surface area (Å²) in [5.41, 5.74) is 0.356. The van der Waals surface area contributed by atoms with E-state index in [1.54, 1.807) is 0 Å². The quantitative estimate of drug-likeness (QED) is 0.658. The first-order valence-corrected chi connectivity index (χ1v) is 6.49. The average molecular weight is 323 g/mol. The van der Waals surface area contributed by atoms with Gasteiger partial charge in [0.2, 0.25) is 0 Å². The van der Waals surface area contributed by atoms with Gasteiger partial charge in [0.15, 0.2) is 6.23 Å². The summed E-state index contributed by atoms with van der Waals surface area (Å²) in [4.78, 5) is 0. The molecule has 0 aromatic heterocycles. The first-order valence-electron chi connectivity index (χ1n) is 6.49. The minimum atomic E-state index is -4.77. The standard InChI is InChI=1S/C13H16F3NO5/c1-6-9(18)10(19)11(20)12(21-6)17-7-2-4-8(5-3-7)22-13(14,15)16/h2-6,9-12,17-20H,1H3/t6-,9-,10+,11+,12-/m0/s1. The second-order valence-corrected chi connectivity index (χ2v) is 4.95. The number of aliphatic hydroxyl groups is 3. The highest BCUT2D eigenvalue weighted by Gasteiger charge is 2.41. The first-order chi connectivity index (χ1) is 10.2. The number of hydrogen-bond donors (Lipinski definition) is 4. The van der Waals surface area contributed by atoms with Gasteiger partial charge in [0.05, 0.1) is 6.10 Å². The number of halogens is 3. The third-order valence-corrected chi connectivity index (χ3v) is 3.25. The van der Waals surface area contributed by atoms with Crippen molar-refractivity contribution in [2.24, 2.45) is 0 Å². The van der Waals surface area contributed by atoms with E-state index in [2.05, 4.69) is 10.1 Å². The zero-order valence-electron chi connectivity index (χ0n) is 11.5. The molecule has 124 valence electrons. The molecule has 0 radical (unpaired) electrons. The van der Waals surface area contributed by atoms with Crippen LogP contribution in [0, 0.1) is 0 Å². The van der Waals surface area contributed by atoms with Gasteiger partial charge in [-0.05, 0) is 31.2 Å². The number of ether oxygens (including phenoxy) is 2. The summed E-state index contributed by atoms with van der Waals surface area (Å²) >= 11 is 0. The molecule has 1 aromatic rings. The van der Waals surface area contributed by atoms with Gasteiger partial charge in [0.1, 0.15) is 24.1 Å². The SMILES string of the molecule is C[C@@H]1O[C@H](Nc2ccc(OC(F)(F)F)cc2)[C@H](O)[C@H](O)[C@H]1O. The monoisotopic (exact) mass is 323 g/mol. The molecule has 5 atom stereocenters. The van der Waals surface area contributed by atoms with Gasteiger partial charge in [-0.25, -0.2) is 0 Å². The molecule has 1 aliphatic heterocycles. The van der Waals surface area contributed by atoms with Crippen LogP contribution >= 0.6 is 0 Å². The first kappa shape index (κ1) is 16.8. The summed E-state index contributed by atoms with van der Waals surface area (Å²) in [5, 5.41) is 31.8. The largest absolute Gasteiger partial charge is 0.573 e. The summed E-state index contributed by atoms with van der Waals surface area (Å²) < 4.78 is 45.2. The summed E-state index contributed by atoms with van der Waals surface area (Å²) in [6.45, 7) is 1.52. The number of alkyl halides is 3. The third kappa shape index (κ3) is 4.01. The minimum absolute atomic E-state index is 0.356. The van der Waals surface area contributed by atoms with Gasteiger partial charge in [0, 0.05) is 5.69 Å². The molecule has 1 heterocycles. The molecular weight excluding hydrogens is 307 g/mol. The van der Waals surface area contributed by atoms with Crippen LogP contribution in [-0.4, -0.2) is 52.3 Å². The predicted molar refractivity (Wildman–Crippen MR) is 69.1 cm³/mol. The fourth-order valence-corrected chi connectivity index (χ4v) is 2.09. The lowest BCUT2D eigenvalue weighted by molar-refractivity contribution is -0.274. The van der Waals surface area contributed by atoms with Gasteiger partial charge in [0.25, 0.3) is 0 Å². The van der Waals surface area contributed by atoms with E-state index in [-0.39, 0.29) is 5.75 Å². The van der Waals surface area contributed by atoms with E-state index in [0.29, 0.717) is 5.69 Å². The van der Waals surface area contributed by atoms with Gasteiger partial charge >= 0.3 is 6.36 Å². The van der Waals surface area contributed by atoms with Crippen LogP contribution in [0.15, 0.2) is 24.3 Å². The highest BCUT2D eigenvalue weighted by molar-refractivity contribution is 5.47. The molecule has 0 saturated carbocycles. The van der Waals surface area contributed by atoms with Crippen LogP contribution in [-0.2, 0) is 4.74 Å². The van der Waals surface area contributed by atoms with E-state index in [4.69, 9.17) is 4.74 Å². The topological polar surface area (TPSA) is 91.2 Å². The second kappa shape index (κ2) is 6.29.